The molecule has 0 heterocycles. The molecule has 0 unspecified atom stereocenters. The maximum Gasteiger partial charge on any atom is 0.266 e. The number of anilines is 1. The first-order valence-electron chi connectivity index (χ1n) is 6.75. The monoisotopic (exact) mass is 354 g/mol. The predicted molar refractivity (Wildman–Crippen MR) is 92.3 cm³/mol. The summed E-state index contributed by atoms with van der Waals surface area (Å²) in [5, 5.41) is 12.0. The van der Waals surface area contributed by atoms with Gasteiger partial charge in [-0.1, -0.05) is 34.1 Å². The molecule has 1 N–H and O–H groups in total. The zero-order valence-corrected chi connectivity index (χ0v) is 13.9. The van der Waals surface area contributed by atoms with E-state index in [9.17, 15) is 10.1 Å². The van der Waals surface area contributed by atoms with Crippen LogP contribution in [0.4, 0.5) is 5.69 Å². The van der Waals surface area contributed by atoms with Crippen molar-refractivity contribution in [2.75, 3.05) is 5.32 Å². The van der Waals surface area contributed by atoms with Gasteiger partial charge in [0.05, 0.1) is 0 Å². The maximum absolute atomic E-state index is 12.2. The summed E-state index contributed by atoms with van der Waals surface area (Å²) in [5.74, 6) is -0.411. The lowest BCUT2D eigenvalue weighted by Crippen LogP contribution is -2.13. The number of nitrogens with one attached hydrogen (secondary N) is 1. The Morgan fingerprint density at radius 3 is 2.59 bits per heavy atom. The van der Waals surface area contributed by atoms with Crippen molar-refractivity contribution in [1.29, 1.82) is 5.26 Å². The minimum atomic E-state index is -0.411. The Kier molecular flexibility index (Phi) is 5.13. The number of hydrogen-bond donors (Lipinski definition) is 1. The zero-order valence-electron chi connectivity index (χ0n) is 12.4. The highest BCUT2D eigenvalue weighted by atomic mass is 79.9. The summed E-state index contributed by atoms with van der Waals surface area (Å²) in [7, 11) is 0. The van der Waals surface area contributed by atoms with Crippen LogP contribution in [0, 0.1) is 25.2 Å². The molecule has 2 aromatic carbocycles. The van der Waals surface area contributed by atoms with E-state index in [2.05, 4.69) is 21.2 Å². The van der Waals surface area contributed by atoms with Gasteiger partial charge >= 0.3 is 0 Å². The molecule has 0 spiro atoms. The Bertz CT molecular complexity index is 788. The Balaban J connectivity index is 2.22. The number of nitriles is 1. The maximum atomic E-state index is 12.2. The van der Waals surface area contributed by atoms with Gasteiger partial charge in [-0.15, -0.1) is 0 Å². The van der Waals surface area contributed by atoms with Gasteiger partial charge in [-0.3, -0.25) is 4.79 Å². The summed E-state index contributed by atoms with van der Waals surface area (Å²) >= 11 is 3.37. The highest BCUT2D eigenvalue weighted by Crippen LogP contribution is 2.17. The average molecular weight is 355 g/mol. The summed E-state index contributed by atoms with van der Waals surface area (Å²) in [6.45, 7) is 3.99. The molecule has 0 aliphatic rings. The van der Waals surface area contributed by atoms with Crippen molar-refractivity contribution in [2.45, 2.75) is 13.8 Å². The summed E-state index contributed by atoms with van der Waals surface area (Å²) in [4.78, 5) is 12.2. The first-order valence-corrected chi connectivity index (χ1v) is 7.55. The molecule has 2 rings (SSSR count). The van der Waals surface area contributed by atoms with Gasteiger partial charge in [0.25, 0.3) is 5.91 Å². The Hall–Kier alpha value is -2.38. The zero-order chi connectivity index (χ0) is 16.1. The third-order valence-electron chi connectivity index (χ3n) is 3.29. The van der Waals surface area contributed by atoms with Gasteiger partial charge in [0, 0.05) is 10.2 Å². The molecule has 22 heavy (non-hydrogen) atoms. The van der Waals surface area contributed by atoms with Crippen LogP contribution in [0.5, 0.6) is 0 Å². The molecular weight excluding hydrogens is 340 g/mol. The number of carbonyl (C=O) groups excluding carboxylic acids is 1. The van der Waals surface area contributed by atoms with Gasteiger partial charge in [0.2, 0.25) is 0 Å². The Labute approximate surface area is 138 Å². The van der Waals surface area contributed by atoms with E-state index < -0.39 is 5.91 Å². The fourth-order valence-electron chi connectivity index (χ4n) is 1.93. The fourth-order valence-corrected chi connectivity index (χ4v) is 2.35. The molecule has 4 heteroatoms. The van der Waals surface area contributed by atoms with Gasteiger partial charge in [-0.2, -0.15) is 5.26 Å². The molecule has 110 valence electrons. The van der Waals surface area contributed by atoms with E-state index in [0.29, 0.717) is 5.69 Å². The molecule has 0 saturated heterocycles. The highest BCUT2D eigenvalue weighted by molar-refractivity contribution is 9.10. The van der Waals surface area contributed by atoms with Crippen molar-refractivity contribution >= 4 is 33.6 Å². The molecule has 0 aromatic heterocycles. The van der Waals surface area contributed by atoms with E-state index in [0.717, 1.165) is 21.2 Å². The van der Waals surface area contributed by atoms with Crippen LogP contribution >= 0.6 is 15.9 Å². The van der Waals surface area contributed by atoms with Crippen molar-refractivity contribution < 1.29 is 4.79 Å². The topological polar surface area (TPSA) is 52.9 Å². The summed E-state index contributed by atoms with van der Waals surface area (Å²) in [6.07, 6.45) is 1.57. The summed E-state index contributed by atoms with van der Waals surface area (Å²) in [6, 6.07) is 15.0. The molecule has 0 saturated carbocycles. The summed E-state index contributed by atoms with van der Waals surface area (Å²) < 4.78 is 0.896. The number of rotatable bonds is 3. The second-order valence-corrected chi connectivity index (χ2v) is 5.89. The van der Waals surface area contributed by atoms with Crippen LogP contribution < -0.4 is 5.32 Å². The van der Waals surface area contributed by atoms with Crippen molar-refractivity contribution in [2.24, 2.45) is 0 Å². The van der Waals surface area contributed by atoms with Crippen LogP contribution in [0.1, 0.15) is 16.7 Å². The van der Waals surface area contributed by atoms with Crippen molar-refractivity contribution in [3.63, 3.8) is 0 Å². The third-order valence-corrected chi connectivity index (χ3v) is 3.78. The average Bonchev–Trinajstić information content (AvgIpc) is 2.48. The highest BCUT2D eigenvalue weighted by Gasteiger charge is 2.10. The third kappa shape index (κ3) is 4.06. The van der Waals surface area contributed by atoms with Crippen LogP contribution in [0.2, 0.25) is 0 Å². The number of aryl methyl sites for hydroxylation is 2. The van der Waals surface area contributed by atoms with Crippen molar-refractivity contribution in [1.82, 2.24) is 0 Å². The van der Waals surface area contributed by atoms with Gasteiger partial charge in [-0.05, 0) is 60.9 Å². The predicted octanol–water partition coefficient (Wildman–Crippen LogP) is 4.61. The van der Waals surface area contributed by atoms with E-state index in [4.69, 9.17) is 0 Å². The molecular formula is C18H15BrN2O. The van der Waals surface area contributed by atoms with E-state index >= 15 is 0 Å². The fraction of sp³-hybridized carbons (Fsp3) is 0.111. The lowest BCUT2D eigenvalue weighted by molar-refractivity contribution is -0.112. The van der Waals surface area contributed by atoms with Gasteiger partial charge < -0.3 is 5.32 Å². The number of carbonyl (C=O) groups is 1. The lowest BCUT2D eigenvalue weighted by atomic mass is 10.1. The lowest BCUT2D eigenvalue weighted by Gasteiger charge is -2.07. The first kappa shape index (κ1) is 16.0. The molecule has 2 aromatic rings. The van der Waals surface area contributed by atoms with Gasteiger partial charge in [0.15, 0.2) is 0 Å². The number of benzene rings is 2. The second-order valence-electron chi connectivity index (χ2n) is 4.98. The summed E-state index contributed by atoms with van der Waals surface area (Å²) in [5.41, 5.74) is 3.79. The van der Waals surface area contributed by atoms with E-state index in [-0.39, 0.29) is 5.57 Å². The number of hydrogen-bond acceptors (Lipinski definition) is 2. The minimum absolute atomic E-state index is 0.0660. The largest absolute Gasteiger partial charge is 0.321 e. The number of amides is 1. The molecule has 0 radical (unpaired) electrons. The Morgan fingerprint density at radius 2 is 1.95 bits per heavy atom. The molecule has 0 aliphatic heterocycles. The first-order chi connectivity index (χ1) is 10.5. The molecule has 1 amide bonds. The van der Waals surface area contributed by atoms with Gasteiger partial charge in [-0.25, -0.2) is 0 Å². The van der Waals surface area contributed by atoms with Crippen LogP contribution in [-0.2, 0) is 4.79 Å². The standard InChI is InChI=1S/C18H15BrN2O/c1-12-6-7-17(8-13(12)2)21-18(22)15(11-20)9-14-4-3-5-16(19)10-14/h3-10H,1-2H3,(H,21,22)/b15-9+. The van der Waals surface area contributed by atoms with Crippen molar-refractivity contribution in [3.8, 4) is 6.07 Å². The van der Waals surface area contributed by atoms with Gasteiger partial charge in [0.1, 0.15) is 11.6 Å². The van der Waals surface area contributed by atoms with Crippen LogP contribution in [0.25, 0.3) is 6.08 Å². The SMILES string of the molecule is Cc1ccc(NC(=O)/C(C#N)=C/c2cccc(Br)c2)cc1C. The molecule has 0 atom stereocenters. The second kappa shape index (κ2) is 7.06. The van der Waals surface area contributed by atoms with E-state index in [1.807, 2.05) is 62.4 Å². The van der Waals surface area contributed by atoms with Crippen LogP contribution in [0.15, 0.2) is 52.5 Å². The quantitative estimate of drug-likeness (QED) is 0.646. The van der Waals surface area contributed by atoms with E-state index in [1.54, 1.807) is 6.08 Å². The smallest absolute Gasteiger partial charge is 0.266 e. The van der Waals surface area contributed by atoms with E-state index in [1.165, 1.54) is 0 Å². The van der Waals surface area contributed by atoms with Crippen molar-refractivity contribution in [3.05, 3.63) is 69.2 Å². The molecule has 0 fully saturated rings. The van der Waals surface area contributed by atoms with Crippen LogP contribution in [0.3, 0.4) is 0 Å². The molecule has 3 nitrogen and oxygen atoms in total. The number of halogens is 1. The molecule has 0 bridgehead atoms. The van der Waals surface area contributed by atoms with Crippen LogP contribution in [-0.4, -0.2) is 5.91 Å². The Morgan fingerprint density at radius 1 is 1.18 bits per heavy atom. The normalized spacial score (nSPS) is 10.9. The number of nitrogens with zero attached hydrogens (tertiary/aromatic N) is 1. The minimum Gasteiger partial charge on any atom is -0.321 e. The molecule has 0 aliphatic carbocycles.